The van der Waals surface area contributed by atoms with E-state index in [1.165, 1.54) is 12.1 Å². The van der Waals surface area contributed by atoms with Crippen molar-refractivity contribution in [3.05, 3.63) is 65.2 Å². The summed E-state index contributed by atoms with van der Waals surface area (Å²) >= 11 is 0. The van der Waals surface area contributed by atoms with Gasteiger partial charge in [0, 0.05) is 23.5 Å². The number of aromatic nitrogens is 3. The predicted molar refractivity (Wildman–Crippen MR) is 75.0 cm³/mol. The molecule has 6 heteroatoms. The van der Waals surface area contributed by atoms with E-state index < -0.39 is 17.7 Å². The van der Waals surface area contributed by atoms with Crippen LogP contribution in [-0.2, 0) is 0 Å². The number of nitrogens with one attached hydrogen (secondary N) is 1. The van der Waals surface area contributed by atoms with Crippen LogP contribution in [0.2, 0.25) is 0 Å². The molecular weight excluding hydrogens is 274 g/mol. The first-order chi connectivity index (χ1) is 10.1. The fourth-order valence-electron chi connectivity index (χ4n) is 2.47. The fourth-order valence-corrected chi connectivity index (χ4v) is 2.47. The molecule has 4 nitrogen and oxygen atoms in total. The minimum absolute atomic E-state index is 0.00347. The highest BCUT2D eigenvalue weighted by Crippen LogP contribution is 2.30. The Morgan fingerprint density at radius 2 is 2.05 bits per heavy atom. The molecular formula is C15H14F2N4. The van der Waals surface area contributed by atoms with Gasteiger partial charge in [-0.1, -0.05) is 6.07 Å². The quantitative estimate of drug-likeness (QED) is 0.805. The van der Waals surface area contributed by atoms with E-state index in [-0.39, 0.29) is 5.56 Å². The summed E-state index contributed by atoms with van der Waals surface area (Å²) in [7, 11) is 1.66. The Hall–Kier alpha value is -2.34. The van der Waals surface area contributed by atoms with Crippen molar-refractivity contribution in [2.45, 2.75) is 13.0 Å². The van der Waals surface area contributed by atoms with Gasteiger partial charge in [0.25, 0.3) is 0 Å². The molecule has 0 aliphatic rings. The summed E-state index contributed by atoms with van der Waals surface area (Å²) in [5.41, 5.74) is 1.78. The van der Waals surface area contributed by atoms with Crippen molar-refractivity contribution in [1.29, 1.82) is 0 Å². The molecule has 0 bridgehead atoms. The first-order valence-electron chi connectivity index (χ1n) is 6.52. The Labute approximate surface area is 120 Å². The lowest BCUT2D eigenvalue weighted by Crippen LogP contribution is -2.21. The molecule has 1 aromatic carbocycles. The zero-order chi connectivity index (χ0) is 15.0. The molecule has 0 aliphatic heterocycles. The number of aryl methyl sites for hydroxylation is 1. The van der Waals surface area contributed by atoms with Gasteiger partial charge >= 0.3 is 0 Å². The van der Waals surface area contributed by atoms with Crippen LogP contribution < -0.4 is 5.32 Å². The summed E-state index contributed by atoms with van der Waals surface area (Å²) in [5.74, 6) is -1.13. The highest BCUT2D eigenvalue weighted by molar-refractivity contribution is 5.56. The molecule has 108 valence electrons. The minimum atomic E-state index is -0.633. The van der Waals surface area contributed by atoms with Crippen LogP contribution in [0.3, 0.4) is 0 Å². The van der Waals surface area contributed by atoms with Gasteiger partial charge in [-0.2, -0.15) is 5.10 Å². The van der Waals surface area contributed by atoms with Crippen molar-refractivity contribution in [3.63, 3.8) is 0 Å². The van der Waals surface area contributed by atoms with Gasteiger partial charge in [-0.3, -0.25) is 4.98 Å². The molecule has 1 N–H and O–H groups in total. The monoisotopic (exact) mass is 288 g/mol. The van der Waals surface area contributed by atoms with E-state index in [2.05, 4.69) is 15.4 Å². The molecule has 0 spiro atoms. The van der Waals surface area contributed by atoms with Crippen LogP contribution in [0, 0.1) is 18.6 Å². The third-order valence-electron chi connectivity index (χ3n) is 3.56. The van der Waals surface area contributed by atoms with E-state index in [0.29, 0.717) is 16.6 Å². The second kappa shape index (κ2) is 5.21. The van der Waals surface area contributed by atoms with Crippen molar-refractivity contribution in [2.75, 3.05) is 7.05 Å². The molecule has 2 aromatic heterocycles. The molecule has 0 radical (unpaired) electrons. The molecule has 0 amide bonds. The number of halogens is 2. The van der Waals surface area contributed by atoms with Gasteiger partial charge in [0.05, 0.1) is 24.0 Å². The van der Waals surface area contributed by atoms with Crippen LogP contribution >= 0.6 is 0 Å². The normalized spacial score (nSPS) is 12.8. The van der Waals surface area contributed by atoms with Gasteiger partial charge in [0.2, 0.25) is 0 Å². The maximum atomic E-state index is 14.4. The SMILES string of the molecule is CNC(c1c(F)ccc(C)c1F)c1cnn2ccncc12. The standard InChI is InChI=1S/C15H14F2N4/c1-9-3-4-11(16)13(14(9)17)15(18-2)10-7-20-21-6-5-19-8-12(10)21/h3-8,15,18H,1-2H3. The van der Waals surface area contributed by atoms with Crippen molar-refractivity contribution >= 4 is 5.52 Å². The molecule has 3 rings (SSSR count). The first kappa shape index (κ1) is 13.6. The molecule has 1 unspecified atom stereocenters. The Balaban J connectivity index is 2.22. The molecule has 21 heavy (non-hydrogen) atoms. The van der Waals surface area contributed by atoms with E-state index in [1.54, 1.807) is 43.3 Å². The van der Waals surface area contributed by atoms with Crippen molar-refractivity contribution in [3.8, 4) is 0 Å². The molecule has 0 saturated carbocycles. The summed E-state index contributed by atoms with van der Waals surface area (Å²) in [6.07, 6.45) is 6.51. The second-order valence-corrected chi connectivity index (χ2v) is 4.82. The lowest BCUT2D eigenvalue weighted by molar-refractivity contribution is 0.518. The van der Waals surface area contributed by atoms with Gasteiger partial charge in [-0.15, -0.1) is 0 Å². The Bertz CT molecular complexity index is 797. The van der Waals surface area contributed by atoms with Crippen LogP contribution in [0.1, 0.15) is 22.7 Å². The van der Waals surface area contributed by atoms with Crippen LogP contribution in [-0.4, -0.2) is 21.6 Å². The topological polar surface area (TPSA) is 42.2 Å². The van der Waals surface area contributed by atoms with Crippen molar-refractivity contribution < 1.29 is 8.78 Å². The van der Waals surface area contributed by atoms with E-state index in [1.807, 2.05) is 0 Å². The lowest BCUT2D eigenvalue weighted by Gasteiger charge is -2.18. The number of hydrogen-bond acceptors (Lipinski definition) is 3. The highest BCUT2D eigenvalue weighted by atomic mass is 19.1. The third kappa shape index (κ3) is 2.17. The van der Waals surface area contributed by atoms with Crippen LogP contribution in [0.25, 0.3) is 5.52 Å². The van der Waals surface area contributed by atoms with E-state index in [4.69, 9.17) is 0 Å². The second-order valence-electron chi connectivity index (χ2n) is 4.82. The molecule has 0 fully saturated rings. The van der Waals surface area contributed by atoms with Gasteiger partial charge in [-0.25, -0.2) is 13.3 Å². The smallest absolute Gasteiger partial charge is 0.134 e. The van der Waals surface area contributed by atoms with Gasteiger partial charge in [-0.05, 0) is 25.6 Å². The van der Waals surface area contributed by atoms with Crippen LogP contribution in [0.4, 0.5) is 8.78 Å². The summed E-state index contributed by atoms with van der Waals surface area (Å²) < 4.78 is 30.1. The van der Waals surface area contributed by atoms with E-state index in [9.17, 15) is 8.78 Å². The average Bonchev–Trinajstić information content (AvgIpc) is 2.91. The third-order valence-corrected chi connectivity index (χ3v) is 3.56. The molecule has 1 atom stereocenters. The fraction of sp³-hybridized carbons (Fsp3) is 0.200. The maximum absolute atomic E-state index is 14.4. The Morgan fingerprint density at radius 1 is 1.24 bits per heavy atom. The number of nitrogens with zero attached hydrogens (tertiary/aromatic N) is 3. The largest absolute Gasteiger partial charge is 0.309 e. The van der Waals surface area contributed by atoms with Gasteiger partial charge in [0.15, 0.2) is 0 Å². The molecule has 2 heterocycles. The number of benzene rings is 1. The molecule has 0 saturated heterocycles. The Kier molecular flexibility index (Phi) is 3.39. The molecule has 0 aliphatic carbocycles. The number of hydrogen-bond donors (Lipinski definition) is 1. The van der Waals surface area contributed by atoms with E-state index >= 15 is 0 Å². The minimum Gasteiger partial charge on any atom is -0.309 e. The van der Waals surface area contributed by atoms with Crippen LogP contribution in [0.5, 0.6) is 0 Å². The summed E-state index contributed by atoms with van der Waals surface area (Å²) in [6.45, 7) is 1.61. The summed E-state index contributed by atoms with van der Waals surface area (Å²) in [4.78, 5) is 4.04. The summed E-state index contributed by atoms with van der Waals surface area (Å²) in [6, 6.07) is 2.08. The zero-order valence-corrected chi connectivity index (χ0v) is 11.6. The van der Waals surface area contributed by atoms with Crippen molar-refractivity contribution in [2.24, 2.45) is 0 Å². The van der Waals surface area contributed by atoms with Gasteiger partial charge in [0.1, 0.15) is 11.6 Å². The van der Waals surface area contributed by atoms with Gasteiger partial charge < -0.3 is 5.32 Å². The Morgan fingerprint density at radius 3 is 2.81 bits per heavy atom. The lowest BCUT2D eigenvalue weighted by atomic mass is 9.97. The van der Waals surface area contributed by atoms with Crippen molar-refractivity contribution in [1.82, 2.24) is 19.9 Å². The van der Waals surface area contributed by atoms with E-state index in [0.717, 1.165) is 0 Å². The average molecular weight is 288 g/mol. The number of rotatable bonds is 3. The zero-order valence-electron chi connectivity index (χ0n) is 11.6. The van der Waals surface area contributed by atoms with Crippen LogP contribution in [0.15, 0.2) is 36.9 Å². The summed E-state index contributed by atoms with van der Waals surface area (Å²) in [5, 5.41) is 7.15. The molecule has 3 aromatic rings. The first-order valence-corrected chi connectivity index (χ1v) is 6.52. The maximum Gasteiger partial charge on any atom is 0.134 e. The predicted octanol–water partition coefficient (Wildman–Crippen LogP) is 2.62. The highest BCUT2D eigenvalue weighted by Gasteiger charge is 2.24. The number of fused-ring (bicyclic) bond motifs is 1.